The molecule has 0 fully saturated rings. The van der Waals surface area contributed by atoms with Crippen LogP contribution in [0.3, 0.4) is 0 Å². The molecule has 0 radical (unpaired) electrons. The monoisotopic (exact) mass is 383 g/mol. The Balaban J connectivity index is 1.73. The van der Waals surface area contributed by atoms with Gasteiger partial charge in [-0.1, -0.05) is 12.1 Å². The predicted molar refractivity (Wildman–Crippen MR) is 103 cm³/mol. The fourth-order valence-corrected chi connectivity index (χ4v) is 4.87. The second-order valence-electron chi connectivity index (χ2n) is 6.86. The lowest BCUT2D eigenvalue weighted by Crippen LogP contribution is -2.38. The van der Waals surface area contributed by atoms with E-state index in [1.807, 2.05) is 29.6 Å². The molecule has 2 atom stereocenters. The van der Waals surface area contributed by atoms with Crippen molar-refractivity contribution in [2.24, 2.45) is 0 Å². The maximum Gasteiger partial charge on any atom is 0.225 e. The molecule has 1 amide bonds. The SMILES string of the molecule is COc1ccc([C@H]2CC(=O)NC3=C2C(=O)C[C@H](c2cccs2)C3)cc1OC. The van der Waals surface area contributed by atoms with Crippen LogP contribution in [0, 0.1) is 0 Å². The molecule has 1 aliphatic heterocycles. The first-order chi connectivity index (χ1) is 13.1. The summed E-state index contributed by atoms with van der Waals surface area (Å²) in [5, 5.41) is 4.98. The van der Waals surface area contributed by atoms with E-state index in [9.17, 15) is 9.59 Å². The lowest BCUT2D eigenvalue weighted by Gasteiger charge is -2.34. The highest BCUT2D eigenvalue weighted by Gasteiger charge is 2.38. The van der Waals surface area contributed by atoms with E-state index in [2.05, 4.69) is 11.4 Å². The molecule has 4 rings (SSSR count). The van der Waals surface area contributed by atoms with Gasteiger partial charge in [-0.05, 0) is 35.6 Å². The second kappa shape index (κ2) is 7.19. The van der Waals surface area contributed by atoms with Gasteiger partial charge in [-0.15, -0.1) is 11.3 Å². The number of hydrogen-bond donors (Lipinski definition) is 1. The van der Waals surface area contributed by atoms with Gasteiger partial charge in [0.25, 0.3) is 0 Å². The lowest BCUT2D eigenvalue weighted by atomic mass is 9.74. The molecule has 5 nitrogen and oxygen atoms in total. The average Bonchev–Trinajstić information content (AvgIpc) is 3.21. The van der Waals surface area contributed by atoms with Crippen molar-refractivity contribution < 1.29 is 19.1 Å². The summed E-state index contributed by atoms with van der Waals surface area (Å²) in [6.07, 6.45) is 1.44. The molecule has 140 valence electrons. The molecule has 0 unspecified atom stereocenters. The first-order valence-corrected chi connectivity index (χ1v) is 9.80. The zero-order chi connectivity index (χ0) is 19.0. The molecule has 2 aromatic rings. The van der Waals surface area contributed by atoms with E-state index in [0.29, 0.717) is 24.3 Å². The Morgan fingerprint density at radius 1 is 1.04 bits per heavy atom. The van der Waals surface area contributed by atoms with Crippen molar-refractivity contribution in [3.8, 4) is 11.5 Å². The first-order valence-electron chi connectivity index (χ1n) is 8.92. The number of amides is 1. The summed E-state index contributed by atoms with van der Waals surface area (Å²) in [6.45, 7) is 0. The summed E-state index contributed by atoms with van der Waals surface area (Å²) in [5.74, 6) is 1.19. The van der Waals surface area contributed by atoms with E-state index in [0.717, 1.165) is 16.8 Å². The largest absolute Gasteiger partial charge is 0.493 e. The molecule has 0 bridgehead atoms. The van der Waals surface area contributed by atoms with E-state index in [1.54, 1.807) is 25.6 Å². The van der Waals surface area contributed by atoms with Crippen LogP contribution in [0.5, 0.6) is 11.5 Å². The summed E-state index contributed by atoms with van der Waals surface area (Å²) in [4.78, 5) is 26.6. The normalized spacial score (nSPS) is 22.3. The Morgan fingerprint density at radius 3 is 2.56 bits per heavy atom. The Morgan fingerprint density at radius 2 is 1.85 bits per heavy atom. The molecule has 1 aliphatic carbocycles. The number of methoxy groups -OCH3 is 2. The number of carbonyl (C=O) groups excluding carboxylic acids is 2. The van der Waals surface area contributed by atoms with Gasteiger partial charge in [-0.25, -0.2) is 0 Å². The highest BCUT2D eigenvalue weighted by atomic mass is 32.1. The lowest BCUT2D eigenvalue weighted by molar-refractivity contribution is -0.122. The number of nitrogens with one attached hydrogen (secondary N) is 1. The predicted octanol–water partition coefficient (Wildman–Crippen LogP) is 3.77. The Kier molecular flexibility index (Phi) is 4.74. The van der Waals surface area contributed by atoms with Gasteiger partial charge in [0.15, 0.2) is 17.3 Å². The van der Waals surface area contributed by atoms with E-state index >= 15 is 0 Å². The van der Waals surface area contributed by atoms with Gasteiger partial charge in [0.1, 0.15) is 0 Å². The number of Topliss-reactive ketones (excluding diaryl/α,β-unsaturated/α-hetero) is 1. The van der Waals surface area contributed by atoms with Gasteiger partial charge in [0.2, 0.25) is 5.91 Å². The second-order valence-corrected chi connectivity index (χ2v) is 7.83. The Hall–Kier alpha value is -2.60. The number of allylic oxidation sites excluding steroid dienone is 2. The van der Waals surface area contributed by atoms with Gasteiger partial charge < -0.3 is 14.8 Å². The minimum atomic E-state index is -0.245. The molecule has 2 heterocycles. The molecule has 0 saturated heterocycles. The third kappa shape index (κ3) is 3.25. The summed E-state index contributed by atoms with van der Waals surface area (Å²) in [7, 11) is 3.17. The number of benzene rings is 1. The number of hydrogen-bond acceptors (Lipinski definition) is 5. The molecule has 0 spiro atoms. The number of ketones is 1. The quantitative estimate of drug-likeness (QED) is 0.873. The van der Waals surface area contributed by atoms with Crippen LogP contribution in [0.15, 0.2) is 47.0 Å². The van der Waals surface area contributed by atoms with Crippen LogP contribution in [0.25, 0.3) is 0 Å². The van der Waals surface area contributed by atoms with E-state index < -0.39 is 0 Å². The molecule has 6 heteroatoms. The molecule has 1 aromatic carbocycles. The minimum absolute atomic E-state index is 0.0480. The fraction of sp³-hybridized carbons (Fsp3) is 0.333. The van der Waals surface area contributed by atoms with Crippen molar-refractivity contribution in [1.82, 2.24) is 5.32 Å². The molecule has 0 saturated carbocycles. The van der Waals surface area contributed by atoms with Crippen molar-refractivity contribution in [3.63, 3.8) is 0 Å². The van der Waals surface area contributed by atoms with E-state index in [1.165, 1.54) is 4.88 Å². The van der Waals surface area contributed by atoms with Crippen LogP contribution in [0.2, 0.25) is 0 Å². The zero-order valence-electron chi connectivity index (χ0n) is 15.3. The molecule has 1 N–H and O–H groups in total. The number of ether oxygens (including phenoxy) is 2. The summed E-state index contributed by atoms with van der Waals surface area (Å²) < 4.78 is 10.7. The van der Waals surface area contributed by atoms with Crippen molar-refractivity contribution >= 4 is 23.0 Å². The summed E-state index contributed by atoms with van der Waals surface area (Å²) >= 11 is 1.66. The van der Waals surface area contributed by atoms with Crippen molar-refractivity contribution in [2.75, 3.05) is 14.2 Å². The van der Waals surface area contributed by atoms with Gasteiger partial charge in [-0.3, -0.25) is 9.59 Å². The Bertz CT molecular complexity index is 916. The van der Waals surface area contributed by atoms with Crippen LogP contribution in [-0.4, -0.2) is 25.9 Å². The maximum atomic E-state index is 13.0. The van der Waals surface area contributed by atoms with E-state index in [-0.39, 0.29) is 29.9 Å². The topological polar surface area (TPSA) is 64.6 Å². The number of thiophene rings is 1. The highest BCUT2D eigenvalue weighted by molar-refractivity contribution is 7.10. The Labute approximate surface area is 162 Å². The van der Waals surface area contributed by atoms with Crippen LogP contribution in [0.1, 0.15) is 41.5 Å². The van der Waals surface area contributed by atoms with Gasteiger partial charge in [-0.2, -0.15) is 0 Å². The van der Waals surface area contributed by atoms with Crippen molar-refractivity contribution in [3.05, 3.63) is 57.4 Å². The van der Waals surface area contributed by atoms with Crippen LogP contribution >= 0.6 is 11.3 Å². The standard InChI is InChI=1S/C21H21NO4S/c1-25-17-6-5-12(10-18(17)26-2)14-11-20(24)22-15-8-13(9-16(23)21(14)15)19-4-3-7-27-19/h3-7,10,13-14H,8-9,11H2,1-2H3,(H,22,24)/t13-,14-/m1/s1. The molecular formula is C21H21NO4S. The molecule has 2 aliphatic rings. The van der Waals surface area contributed by atoms with Crippen molar-refractivity contribution in [2.45, 2.75) is 31.1 Å². The van der Waals surface area contributed by atoms with Gasteiger partial charge >= 0.3 is 0 Å². The minimum Gasteiger partial charge on any atom is -0.493 e. The van der Waals surface area contributed by atoms with Crippen LogP contribution in [0.4, 0.5) is 0 Å². The van der Waals surface area contributed by atoms with Crippen molar-refractivity contribution in [1.29, 1.82) is 0 Å². The number of rotatable bonds is 4. The molecule has 1 aromatic heterocycles. The zero-order valence-corrected chi connectivity index (χ0v) is 16.1. The average molecular weight is 383 g/mol. The van der Waals surface area contributed by atoms with Crippen LogP contribution < -0.4 is 14.8 Å². The molecule has 27 heavy (non-hydrogen) atoms. The highest BCUT2D eigenvalue weighted by Crippen LogP contribution is 2.44. The third-order valence-electron chi connectivity index (χ3n) is 5.29. The van der Waals surface area contributed by atoms with Gasteiger partial charge in [0.05, 0.1) is 14.2 Å². The van der Waals surface area contributed by atoms with Crippen LogP contribution in [-0.2, 0) is 9.59 Å². The molecular weight excluding hydrogens is 362 g/mol. The third-order valence-corrected chi connectivity index (χ3v) is 6.33. The summed E-state index contributed by atoms with van der Waals surface area (Å²) in [5.41, 5.74) is 2.42. The summed E-state index contributed by atoms with van der Waals surface area (Å²) in [6, 6.07) is 9.66. The fourth-order valence-electron chi connectivity index (χ4n) is 4.04. The number of carbonyl (C=O) groups is 2. The van der Waals surface area contributed by atoms with Gasteiger partial charge in [0, 0.05) is 40.8 Å². The first kappa shape index (κ1) is 17.8. The van der Waals surface area contributed by atoms with E-state index in [4.69, 9.17) is 9.47 Å². The maximum absolute atomic E-state index is 13.0. The smallest absolute Gasteiger partial charge is 0.225 e.